The number of hydrogen-bond donors (Lipinski definition) is 1. The van der Waals surface area contributed by atoms with E-state index in [0.29, 0.717) is 18.6 Å². The average Bonchev–Trinajstić information content (AvgIpc) is 2.35. The van der Waals surface area contributed by atoms with Crippen molar-refractivity contribution in [1.82, 2.24) is 0 Å². The van der Waals surface area contributed by atoms with Crippen LogP contribution >= 0.6 is 0 Å². The van der Waals surface area contributed by atoms with Crippen LogP contribution in [-0.2, 0) is 5.60 Å². The van der Waals surface area contributed by atoms with Gasteiger partial charge < -0.3 is 5.11 Å². The van der Waals surface area contributed by atoms with Crippen LogP contribution in [-0.4, -0.2) is 23.2 Å². The summed E-state index contributed by atoms with van der Waals surface area (Å²) in [5, 5.41) is 9.15. The van der Waals surface area contributed by atoms with Crippen LogP contribution in [0, 0.1) is 0 Å². The summed E-state index contributed by atoms with van der Waals surface area (Å²) in [5.41, 5.74) is -6.35. The highest BCUT2D eigenvalue weighted by atomic mass is 19.4. The predicted octanol–water partition coefficient (Wildman–Crippen LogP) is 3.98. The summed E-state index contributed by atoms with van der Waals surface area (Å²) in [4.78, 5) is 11.5. The number of carbonyl (C=O) groups excluding carboxylic acids is 1. The number of Topliss-reactive ketones (excluding diaryl/α,β-unsaturated/α-hetero) is 1. The molecule has 1 aromatic carbocycles. The number of alkyl halides is 6. The van der Waals surface area contributed by atoms with Gasteiger partial charge in [0.15, 0.2) is 5.78 Å². The molecular weight excluding hydrogens is 302 g/mol. The minimum atomic E-state index is -5.93. The summed E-state index contributed by atoms with van der Waals surface area (Å²) < 4.78 is 75.8. The maximum absolute atomic E-state index is 12.6. The van der Waals surface area contributed by atoms with Gasteiger partial charge in [-0.05, 0) is 6.42 Å². The van der Waals surface area contributed by atoms with Gasteiger partial charge in [-0.25, -0.2) is 0 Å². The number of aliphatic hydroxyl groups is 1. The zero-order chi connectivity index (χ0) is 16.5. The number of ketones is 1. The summed E-state index contributed by atoms with van der Waals surface area (Å²) in [7, 11) is 0. The molecule has 0 aromatic heterocycles. The van der Waals surface area contributed by atoms with Crippen LogP contribution in [0.5, 0.6) is 0 Å². The lowest BCUT2D eigenvalue weighted by molar-refractivity contribution is -0.376. The van der Waals surface area contributed by atoms with Crippen molar-refractivity contribution in [2.24, 2.45) is 0 Å². The van der Waals surface area contributed by atoms with Crippen molar-refractivity contribution in [1.29, 1.82) is 0 Å². The second kappa shape index (κ2) is 5.67. The molecule has 2 nitrogen and oxygen atoms in total. The molecule has 0 saturated heterocycles. The molecule has 1 N–H and O–H groups in total. The maximum atomic E-state index is 12.6. The molecule has 0 aliphatic carbocycles. The lowest BCUT2D eigenvalue weighted by atomic mass is 9.91. The van der Waals surface area contributed by atoms with Crippen molar-refractivity contribution >= 4 is 5.78 Å². The lowest BCUT2D eigenvalue weighted by Gasteiger charge is -2.32. The molecular formula is C13H12F6O2. The van der Waals surface area contributed by atoms with Gasteiger partial charge in [0.25, 0.3) is 5.60 Å². The molecule has 0 unspecified atom stereocenters. The molecule has 1 rings (SSSR count). The molecule has 0 fully saturated rings. The first kappa shape index (κ1) is 17.5. The fourth-order valence-electron chi connectivity index (χ4n) is 1.76. The zero-order valence-corrected chi connectivity index (χ0v) is 10.8. The molecule has 0 saturated carbocycles. The van der Waals surface area contributed by atoms with Gasteiger partial charge in [-0.1, -0.05) is 31.2 Å². The predicted molar refractivity (Wildman–Crippen MR) is 61.7 cm³/mol. The number of halogens is 6. The molecule has 0 spiro atoms. The third-order valence-electron chi connectivity index (χ3n) is 2.92. The van der Waals surface area contributed by atoms with E-state index in [0.717, 1.165) is 12.1 Å². The number of hydrogen-bond acceptors (Lipinski definition) is 2. The van der Waals surface area contributed by atoms with E-state index in [2.05, 4.69) is 0 Å². The van der Waals surface area contributed by atoms with Crippen LogP contribution in [0.25, 0.3) is 0 Å². The highest BCUT2D eigenvalue weighted by molar-refractivity contribution is 5.96. The van der Waals surface area contributed by atoms with Crippen molar-refractivity contribution in [2.45, 2.75) is 37.7 Å². The molecule has 1 aromatic rings. The van der Waals surface area contributed by atoms with Gasteiger partial charge in [-0.2, -0.15) is 26.3 Å². The van der Waals surface area contributed by atoms with Gasteiger partial charge in [-0.3, -0.25) is 4.79 Å². The van der Waals surface area contributed by atoms with E-state index in [1.54, 1.807) is 6.92 Å². The van der Waals surface area contributed by atoms with Gasteiger partial charge in [0.2, 0.25) is 0 Å². The van der Waals surface area contributed by atoms with Crippen molar-refractivity contribution in [3.8, 4) is 0 Å². The molecule has 0 amide bonds. The Balaban J connectivity index is 3.27. The second-order valence-electron chi connectivity index (χ2n) is 4.46. The van der Waals surface area contributed by atoms with Crippen LogP contribution in [0.2, 0.25) is 0 Å². The average molecular weight is 314 g/mol. The normalized spacial score (nSPS) is 13.3. The van der Waals surface area contributed by atoms with Crippen molar-refractivity contribution in [3.05, 3.63) is 35.4 Å². The van der Waals surface area contributed by atoms with Crippen molar-refractivity contribution in [3.63, 3.8) is 0 Å². The molecule has 8 heteroatoms. The fraction of sp³-hybridized carbons (Fsp3) is 0.462. The molecule has 0 aliphatic heterocycles. The highest BCUT2D eigenvalue weighted by Crippen LogP contribution is 2.49. The van der Waals surface area contributed by atoms with Crippen LogP contribution in [0.1, 0.15) is 35.7 Å². The van der Waals surface area contributed by atoms with Gasteiger partial charge in [0.05, 0.1) is 0 Å². The van der Waals surface area contributed by atoms with E-state index in [4.69, 9.17) is 5.11 Å². The van der Waals surface area contributed by atoms with E-state index < -0.39 is 29.3 Å². The van der Waals surface area contributed by atoms with Gasteiger partial charge in [-0.15, -0.1) is 0 Å². The summed E-state index contributed by atoms with van der Waals surface area (Å²) in [6.07, 6.45) is -11.2. The Morgan fingerprint density at radius 3 is 1.76 bits per heavy atom. The maximum Gasteiger partial charge on any atom is 0.430 e. The van der Waals surface area contributed by atoms with E-state index in [1.165, 1.54) is 0 Å². The lowest BCUT2D eigenvalue weighted by Crippen LogP contribution is -2.53. The number of carbonyl (C=O) groups is 1. The second-order valence-corrected chi connectivity index (χ2v) is 4.46. The van der Waals surface area contributed by atoms with Crippen molar-refractivity contribution in [2.75, 3.05) is 0 Å². The Bertz CT molecular complexity index is 487. The Morgan fingerprint density at radius 1 is 1.00 bits per heavy atom. The third kappa shape index (κ3) is 3.20. The quantitative estimate of drug-likeness (QED) is 0.674. The zero-order valence-electron chi connectivity index (χ0n) is 10.8. The Hall–Kier alpha value is -1.57. The SMILES string of the molecule is CCCC(=O)c1ccc(C(O)(C(F)(F)F)C(F)(F)F)cc1. The number of rotatable bonds is 4. The summed E-state index contributed by atoms with van der Waals surface area (Å²) >= 11 is 0. The Labute approximate surface area is 116 Å². The Morgan fingerprint density at radius 2 is 1.43 bits per heavy atom. The first-order valence-electron chi connectivity index (χ1n) is 5.94. The third-order valence-corrected chi connectivity index (χ3v) is 2.92. The molecule has 0 radical (unpaired) electrons. The first-order chi connectivity index (χ1) is 9.45. The van der Waals surface area contributed by atoms with E-state index in [9.17, 15) is 31.1 Å². The molecule has 0 heterocycles. The largest absolute Gasteiger partial charge is 0.430 e. The van der Waals surface area contributed by atoms with Crippen LogP contribution < -0.4 is 0 Å². The van der Waals surface area contributed by atoms with Crippen LogP contribution in [0.4, 0.5) is 26.3 Å². The van der Waals surface area contributed by atoms with Crippen molar-refractivity contribution < 1.29 is 36.2 Å². The minimum Gasteiger partial charge on any atom is -0.369 e. The highest BCUT2D eigenvalue weighted by Gasteiger charge is 2.71. The molecule has 0 bridgehead atoms. The Kier molecular flexibility index (Phi) is 4.72. The van der Waals surface area contributed by atoms with E-state index in [-0.39, 0.29) is 12.0 Å². The van der Waals surface area contributed by atoms with Gasteiger partial charge >= 0.3 is 12.4 Å². The minimum absolute atomic E-state index is 0.00713. The summed E-state index contributed by atoms with van der Waals surface area (Å²) in [6, 6.07) is 2.61. The first-order valence-corrected chi connectivity index (χ1v) is 5.94. The topological polar surface area (TPSA) is 37.3 Å². The van der Waals surface area contributed by atoms with Gasteiger partial charge in [0.1, 0.15) is 0 Å². The fourth-order valence-corrected chi connectivity index (χ4v) is 1.76. The smallest absolute Gasteiger partial charge is 0.369 e. The standard InChI is InChI=1S/C13H12F6O2/c1-2-3-10(20)8-4-6-9(7-5-8)11(21,12(14,15)16)13(17,18)19/h4-7,21H,2-3H2,1H3. The van der Waals surface area contributed by atoms with E-state index >= 15 is 0 Å². The van der Waals surface area contributed by atoms with Crippen LogP contribution in [0.3, 0.4) is 0 Å². The molecule has 0 atom stereocenters. The number of benzene rings is 1. The molecule has 118 valence electrons. The molecule has 0 aliphatic rings. The van der Waals surface area contributed by atoms with E-state index in [1.807, 2.05) is 0 Å². The summed E-state index contributed by atoms with van der Waals surface area (Å²) in [5.74, 6) is -0.397. The molecule has 21 heavy (non-hydrogen) atoms. The monoisotopic (exact) mass is 314 g/mol. The van der Waals surface area contributed by atoms with Gasteiger partial charge in [0, 0.05) is 17.5 Å². The summed E-state index contributed by atoms with van der Waals surface area (Å²) in [6.45, 7) is 1.71. The van der Waals surface area contributed by atoms with Crippen LogP contribution in [0.15, 0.2) is 24.3 Å².